The summed E-state index contributed by atoms with van der Waals surface area (Å²) in [7, 11) is 0. The quantitative estimate of drug-likeness (QED) is 0.628. The van der Waals surface area contributed by atoms with Crippen LogP contribution in [0.25, 0.3) is 11.1 Å². The van der Waals surface area contributed by atoms with Gasteiger partial charge in [0.2, 0.25) is 5.91 Å². The number of amides is 1. The van der Waals surface area contributed by atoms with Crippen molar-refractivity contribution in [3.63, 3.8) is 0 Å². The molecule has 1 saturated heterocycles. The van der Waals surface area contributed by atoms with Crippen LogP contribution in [-0.2, 0) is 9.59 Å². The van der Waals surface area contributed by atoms with Crippen molar-refractivity contribution in [3.05, 3.63) is 59.7 Å². The molecule has 6 nitrogen and oxygen atoms in total. The summed E-state index contributed by atoms with van der Waals surface area (Å²) in [6.07, 6.45) is 1.39. The summed E-state index contributed by atoms with van der Waals surface area (Å²) in [4.78, 5) is 22.4. The van der Waals surface area contributed by atoms with E-state index in [0.29, 0.717) is 5.17 Å². The van der Waals surface area contributed by atoms with Gasteiger partial charge in [-0.15, -0.1) is 5.10 Å². The van der Waals surface area contributed by atoms with Gasteiger partial charge in [0.1, 0.15) is 5.25 Å². The lowest BCUT2D eigenvalue weighted by molar-refractivity contribution is -0.138. The molecule has 2 aromatic rings. The smallest absolute Gasteiger partial charge is 0.305 e. The summed E-state index contributed by atoms with van der Waals surface area (Å²) in [6, 6.07) is 16.0. The molecule has 1 unspecified atom stereocenters. The standard InChI is InChI=1S/C19H17N3O3S/c1-12-5-4-7-13(9-12)15-8-3-2-6-14(15)11-20-22-19-21-18(25)16(26-19)10-17(23)24/h2-9,11,16H,10H2,1H3,(H,23,24)(H,21,22,25). The predicted octanol–water partition coefficient (Wildman–Crippen LogP) is 3.06. The van der Waals surface area contributed by atoms with Crippen molar-refractivity contribution < 1.29 is 14.7 Å². The van der Waals surface area contributed by atoms with E-state index in [-0.39, 0.29) is 12.3 Å². The van der Waals surface area contributed by atoms with Crippen molar-refractivity contribution >= 4 is 35.0 Å². The third kappa shape index (κ3) is 4.37. The second-order valence-electron chi connectivity index (χ2n) is 5.80. The lowest BCUT2D eigenvalue weighted by Gasteiger charge is -2.06. The molecule has 7 heteroatoms. The molecule has 1 heterocycles. The van der Waals surface area contributed by atoms with Crippen LogP contribution in [0, 0.1) is 6.92 Å². The molecule has 1 aliphatic heterocycles. The number of amidine groups is 1. The van der Waals surface area contributed by atoms with Gasteiger partial charge in [-0.25, -0.2) is 0 Å². The maximum Gasteiger partial charge on any atom is 0.305 e. The average molecular weight is 367 g/mol. The van der Waals surface area contributed by atoms with E-state index in [9.17, 15) is 9.59 Å². The number of carboxylic acids is 1. The summed E-state index contributed by atoms with van der Waals surface area (Å²) >= 11 is 1.08. The van der Waals surface area contributed by atoms with E-state index in [2.05, 4.69) is 21.6 Å². The highest BCUT2D eigenvalue weighted by molar-refractivity contribution is 8.15. The first-order valence-corrected chi connectivity index (χ1v) is 8.87. The Balaban J connectivity index is 1.78. The third-order valence-electron chi connectivity index (χ3n) is 3.77. The van der Waals surface area contributed by atoms with E-state index < -0.39 is 11.2 Å². The Morgan fingerprint density at radius 1 is 1.27 bits per heavy atom. The lowest BCUT2D eigenvalue weighted by Crippen LogP contribution is -2.26. The molecule has 0 saturated carbocycles. The molecule has 132 valence electrons. The Hall–Kier alpha value is -2.93. The van der Waals surface area contributed by atoms with Crippen LogP contribution in [0.3, 0.4) is 0 Å². The first-order valence-electron chi connectivity index (χ1n) is 7.99. The number of aryl methyl sites for hydroxylation is 1. The zero-order valence-electron chi connectivity index (χ0n) is 14.0. The number of thioether (sulfide) groups is 1. The van der Waals surface area contributed by atoms with Gasteiger partial charge in [-0.3, -0.25) is 9.59 Å². The molecule has 1 amide bonds. The second-order valence-corrected chi connectivity index (χ2v) is 6.99. The molecular formula is C19H17N3O3S. The number of benzene rings is 2. The van der Waals surface area contributed by atoms with Crippen molar-refractivity contribution in [2.75, 3.05) is 0 Å². The van der Waals surface area contributed by atoms with E-state index in [1.807, 2.05) is 49.4 Å². The fourth-order valence-corrected chi connectivity index (χ4v) is 3.49. The van der Waals surface area contributed by atoms with Crippen LogP contribution in [-0.4, -0.2) is 33.6 Å². The number of carboxylic acid groups (broad SMARTS) is 1. The second kappa shape index (κ2) is 7.97. The normalized spacial score (nSPS) is 18.4. The van der Waals surface area contributed by atoms with Crippen LogP contribution in [0.5, 0.6) is 0 Å². The maximum absolute atomic E-state index is 11.7. The summed E-state index contributed by atoms with van der Waals surface area (Å²) < 4.78 is 0. The minimum atomic E-state index is -1.02. The van der Waals surface area contributed by atoms with Gasteiger partial charge in [-0.1, -0.05) is 65.9 Å². The van der Waals surface area contributed by atoms with Gasteiger partial charge >= 0.3 is 5.97 Å². The van der Waals surface area contributed by atoms with E-state index in [4.69, 9.17) is 5.11 Å². The van der Waals surface area contributed by atoms with E-state index in [0.717, 1.165) is 28.5 Å². The first-order chi connectivity index (χ1) is 12.5. The topological polar surface area (TPSA) is 91.1 Å². The maximum atomic E-state index is 11.7. The van der Waals surface area contributed by atoms with Crippen molar-refractivity contribution in [1.29, 1.82) is 0 Å². The molecule has 1 fully saturated rings. The number of nitrogens with one attached hydrogen (secondary N) is 1. The zero-order valence-corrected chi connectivity index (χ0v) is 14.9. The van der Waals surface area contributed by atoms with Crippen LogP contribution in [0.15, 0.2) is 58.7 Å². The summed E-state index contributed by atoms with van der Waals surface area (Å²) in [6.45, 7) is 2.04. The Morgan fingerprint density at radius 2 is 2.08 bits per heavy atom. The van der Waals surface area contributed by atoms with Gasteiger partial charge in [0.05, 0.1) is 12.6 Å². The first kappa shape index (κ1) is 17.9. The van der Waals surface area contributed by atoms with Gasteiger partial charge in [0.15, 0.2) is 5.17 Å². The number of carbonyl (C=O) groups excluding carboxylic acids is 1. The van der Waals surface area contributed by atoms with Gasteiger partial charge in [0, 0.05) is 5.56 Å². The highest BCUT2D eigenvalue weighted by Crippen LogP contribution is 2.24. The van der Waals surface area contributed by atoms with Crippen molar-refractivity contribution in [2.45, 2.75) is 18.6 Å². The van der Waals surface area contributed by atoms with Gasteiger partial charge in [0.25, 0.3) is 0 Å². The van der Waals surface area contributed by atoms with Crippen LogP contribution >= 0.6 is 11.8 Å². The fourth-order valence-electron chi connectivity index (χ4n) is 2.57. The molecule has 2 N–H and O–H groups in total. The summed E-state index contributed by atoms with van der Waals surface area (Å²) in [5, 5.41) is 19.1. The van der Waals surface area contributed by atoms with E-state index in [1.54, 1.807) is 6.21 Å². The number of rotatable bonds is 5. The monoisotopic (exact) mass is 367 g/mol. The molecule has 0 bridgehead atoms. The Labute approximate surface area is 155 Å². The lowest BCUT2D eigenvalue weighted by atomic mass is 9.99. The predicted molar refractivity (Wildman–Crippen MR) is 103 cm³/mol. The summed E-state index contributed by atoms with van der Waals surface area (Å²) in [5.74, 6) is -1.37. The molecule has 0 aliphatic carbocycles. The molecule has 0 aromatic heterocycles. The molecule has 3 rings (SSSR count). The number of aliphatic carboxylic acids is 1. The number of carbonyl (C=O) groups is 2. The van der Waals surface area contributed by atoms with Gasteiger partial charge in [-0.2, -0.15) is 5.10 Å². The van der Waals surface area contributed by atoms with Crippen molar-refractivity contribution in [2.24, 2.45) is 10.2 Å². The van der Waals surface area contributed by atoms with E-state index >= 15 is 0 Å². The molecule has 2 aromatic carbocycles. The largest absolute Gasteiger partial charge is 0.481 e. The highest BCUT2D eigenvalue weighted by atomic mass is 32.2. The van der Waals surface area contributed by atoms with Crippen LogP contribution in [0.1, 0.15) is 17.5 Å². The number of hydrogen-bond donors (Lipinski definition) is 2. The number of hydrogen-bond acceptors (Lipinski definition) is 5. The third-order valence-corrected chi connectivity index (χ3v) is 4.84. The average Bonchev–Trinajstić information content (AvgIpc) is 2.94. The SMILES string of the molecule is Cc1cccc(-c2ccccc2C=NN=C2NC(=O)C(CC(=O)O)S2)c1. The highest BCUT2D eigenvalue weighted by Gasteiger charge is 2.32. The van der Waals surface area contributed by atoms with Crippen LogP contribution < -0.4 is 5.32 Å². The van der Waals surface area contributed by atoms with Gasteiger partial charge in [-0.05, 0) is 18.1 Å². The van der Waals surface area contributed by atoms with Crippen LogP contribution in [0.2, 0.25) is 0 Å². The molecule has 1 aliphatic rings. The Bertz CT molecular complexity index is 908. The minimum absolute atomic E-state index is 0.241. The van der Waals surface area contributed by atoms with Crippen LogP contribution in [0.4, 0.5) is 0 Å². The van der Waals surface area contributed by atoms with E-state index in [1.165, 1.54) is 5.56 Å². The number of nitrogens with zero attached hydrogens (tertiary/aromatic N) is 2. The Morgan fingerprint density at radius 3 is 2.85 bits per heavy atom. The molecular weight excluding hydrogens is 350 g/mol. The molecule has 0 spiro atoms. The molecule has 26 heavy (non-hydrogen) atoms. The Kier molecular flexibility index (Phi) is 5.48. The summed E-state index contributed by atoms with van der Waals surface area (Å²) in [5.41, 5.74) is 4.19. The van der Waals surface area contributed by atoms with Gasteiger partial charge < -0.3 is 10.4 Å². The fraction of sp³-hybridized carbons (Fsp3) is 0.158. The molecule has 0 radical (unpaired) electrons. The molecule has 1 atom stereocenters. The zero-order chi connectivity index (χ0) is 18.5. The van der Waals surface area contributed by atoms with Crippen molar-refractivity contribution in [3.8, 4) is 11.1 Å². The minimum Gasteiger partial charge on any atom is -0.481 e. The van der Waals surface area contributed by atoms with Crippen molar-refractivity contribution in [1.82, 2.24) is 5.32 Å².